The summed E-state index contributed by atoms with van der Waals surface area (Å²) < 4.78 is 31.7. The van der Waals surface area contributed by atoms with Crippen molar-refractivity contribution in [2.24, 2.45) is 11.3 Å². The van der Waals surface area contributed by atoms with Crippen LogP contribution >= 0.6 is 0 Å². The molecule has 3 aliphatic rings. The first-order valence-electron chi connectivity index (χ1n) is 8.61. The van der Waals surface area contributed by atoms with Gasteiger partial charge in [-0.15, -0.1) is 6.58 Å². The maximum Gasteiger partial charge on any atom is 0.490 e. The van der Waals surface area contributed by atoms with Gasteiger partial charge in [-0.3, -0.25) is 4.79 Å². The van der Waals surface area contributed by atoms with E-state index in [9.17, 15) is 18.0 Å². The molecule has 0 atom stereocenters. The molecule has 1 saturated carbocycles. The highest BCUT2D eigenvalue weighted by molar-refractivity contribution is 5.85. The summed E-state index contributed by atoms with van der Waals surface area (Å²) in [5, 5.41) is 7.12. The highest BCUT2D eigenvalue weighted by Gasteiger charge is 2.47. The molecule has 0 aromatic heterocycles. The number of rotatable bonds is 4. The number of carboxylic acids is 1. The molecule has 25 heavy (non-hydrogen) atoms. The lowest BCUT2D eigenvalue weighted by Gasteiger charge is -2.38. The van der Waals surface area contributed by atoms with E-state index >= 15 is 0 Å². The number of halogens is 3. The Kier molecular flexibility index (Phi) is 6.13. The van der Waals surface area contributed by atoms with Gasteiger partial charge in [0.05, 0.1) is 5.41 Å². The molecule has 2 heterocycles. The third kappa shape index (κ3) is 5.20. The van der Waals surface area contributed by atoms with Gasteiger partial charge >= 0.3 is 12.1 Å². The number of amides is 1. The molecule has 1 amide bonds. The summed E-state index contributed by atoms with van der Waals surface area (Å²) in [6.45, 7) is 8.94. The van der Waals surface area contributed by atoms with Crippen molar-refractivity contribution in [1.29, 1.82) is 0 Å². The van der Waals surface area contributed by atoms with Crippen LogP contribution in [-0.2, 0) is 9.59 Å². The fourth-order valence-electron chi connectivity index (χ4n) is 3.52. The Balaban J connectivity index is 0.000000277. The highest BCUT2D eigenvalue weighted by atomic mass is 19.4. The number of nitrogens with zero attached hydrogens (tertiary/aromatic N) is 2. The van der Waals surface area contributed by atoms with Crippen molar-refractivity contribution in [2.45, 2.75) is 38.3 Å². The van der Waals surface area contributed by atoms with Crippen molar-refractivity contribution >= 4 is 11.9 Å². The second kappa shape index (κ2) is 7.76. The van der Waals surface area contributed by atoms with Gasteiger partial charge in [0.25, 0.3) is 0 Å². The summed E-state index contributed by atoms with van der Waals surface area (Å²) in [7, 11) is 0. The number of carbonyl (C=O) groups is 2. The lowest BCUT2D eigenvalue weighted by Crippen LogP contribution is -2.45. The summed E-state index contributed by atoms with van der Waals surface area (Å²) in [6, 6.07) is 0. The first-order valence-corrected chi connectivity index (χ1v) is 8.61. The third-order valence-electron chi connectivity index (χ3n) is 5.22. The van der Waals surface area contributed by atoms with Crippen molar-refractivity contribution in [2.75, 3.05) is 32.7 Å². The number of aliphatic carboxylic acids is 1. The zero-order valence-electron chi connectivity index (χ0n) is 14.2. The molecule has 142 valence electrons. The smallest absolute Gasteiger partial charge is 0.475 e. The Hall–Kier alpha value is -1.57. The largest absolute Gasteiger partial charge is 0.490 e. The number of carboxylic acid groups (broad SMARTS) is 1. The summed E-state index contributed by atoms with van der Waals surface area (Å²) in [5.41, 5.74) is -0.0109. The molecule has 3 fully saturated rings. The van der Waals surface area contributed by atoms with Crippen LogP contribution in [0.15, 0.2) is 12.7 Å². The summed E-state index contributed by atoms with van der Waals surface area (Å²) in [5.74, 6) is -1.39. The van der Waals surface area contributed by atoms with Gasteiger partial charge in [0.15, 0.2) is 0 Å². The van der Waals surface area contributed by atoms with Crippen molar-refractivity contribution in [3.63, 3.8) is 0 Å². The predicted molar refractivity (Wildman–Crippen MR) is 85.9 cm³/mol. The quantitative estimate of drug-likeness (QED) is 0.781. The van der Waals surface area contributed by atoms with Gasteiger partial charge in [-0.1, -0.05) is 6.08 Å². The Morgan fingerprint density at radius 1 is 1.24 bits per heavy atom. The Morgan fingerprint density at radius 3 is 2.20 bits per heavy atom. The lowest BCUT2D eigenvalue weighted by molar-refractivity contribution is -0.192. The number of alkyl halides is 3. The lowest BCUT2D eigenvalue weighted by atomic mass is 9.77. The molecule has 8 heteroatoms. The van der Waals surface area contributed by atoms with Crippen molar-refractivity contribution < 1.29 is 27.9 Å². The summed E-state index contributed by atoms with van der Waals surface area (Å²) >= 11 is 0. The molecule has 1 spiro atoms. The monoisotopic (exact) mass is 362 g/mol. The average molecular weight is 362 g/mol. The second-order valence-electron chi connectivity index (χ2n) is 7.12. The molecule has 0 unspecified atom stereocenters. The van der Waals surface area contributed by atoms with E-state index in [1.807, 2.05) is 11.0 Å². The van der Waals surface area contributed by atoms with E-state index in [4.69, 9.17) is 9.90 Å². The molecular formula is C17H25F3N2O3. The van der Waals surface area contributed by atoms with E-state index < -0.39 is 12.1 Å². The number of hydrogen-bond donors (Lipinski definition) is 1. The number of piperidine rings is 1. The maximum absolute atomic E-state index is 12.5. The SMILES string of the molecule is C=CCN1CCC2(CCN(CC3CC3)CC2)C1=O.O=C(O)C(F)(F)F. The Morgan fingerprint density at radius 2 is 1.76 bits per heavy atom. The van der Waals surface area contributed by atoms with Crippen molar-refractivity contribution in [3.05, 3.63) is 12.7 Å². The third-order valence-corrected chi connectivity index (χ3v) is 5.22. The topological polar surface area (TPSA) is 60.9 Å². The summed E-state index contributed by atoms with van der Waals surface area (Å²) in [4.78, 5) is 25.9. The molecule has 1 aliphatic carbocycles. The zero-order chi connectivity index (χ0) is 18.7. The van der Waals surface area contributed by atoms with E-state index in [1.165, 1.54) is 19.4 Å². The van der Waals surface area contributed by atoms with Crippen LogP contribution < -0.4 is 0 Å². The van der Waals surface area contributed by atoms with E-state index in [2.05, 4.69) is 11.5 Å². The van der Waals surface area contributed by atoms with Crippen LogP contribution in [0.25, 0.3) is 0 Å². The van der Waals surface area contributed by atoms with Gasteiger partial charge in [-0.05, 0) is 51.1 Å². The molecular weight excluding hydrogens is 337 g/mol. The molecule has 5 nitrogen and oxygen atoms in total. The minimum Gasteiger partial charge on any atom is -0.475 e. The zero-order valence-corrected chi connectivity index (χ0v) is 14.2. The van der Waals surface area contributed by atoms with Crippen molar-refractivity contribution in [1.82, 2.24) is 9.80 Å². The molecule has 3 rings (SSSR count). The molecule has 2 saturated heterocycles. The minimum atomic E-state index is -5.08. The van der Waals surface area contributed by atoms with Crippen LogP contribution in [0.1, 0.15) is 32.1 Å². The molecule has 0 radical (unpaired) electrons. The fraction of sp³-hybridized carbons (Fsp3) is 0.765. The minimum absolute atomic E-state index is 0.0109. The van der Waals surface area contributed by atoms with Crippen LogP contribution in [0.2, 0.25) is 0 Å². The molecule has 1 N–H and O–H groups in total. The van der Waals surface area contributed by atoms with Crippen LogP contribution in [0.5, 0.6) is 0 Å². The first-order chi connectivity index (χ1) is 11.7. The van der Waals surface area contributed by atoms with Gasteiger partial charge in [-0.2, -0.15) is 13.2 Å². The Labute approximate surface area is 145 Å². The van der Waals surface area contributed by atoms with Crippen molar-refractivity contribution in [3.8, 4) is 0 Å². The second-order valence-corrected chi connectivity index (χ2v) is 7.12. The van der Waals surface area contributed by atoms with E-state index in [0.29, 0.717) is 5.91 Å². The predicted octanol–water partition coefficient (Wildman–Crippen LogP) is 2.53. The van der Waals surface area contributed by atoms with Crippen LogP contribution in [0.4, 0.5) is 13.2 Å². The van der Waals surface area contributed by atoms with E-state index in [1.54, 1.807) is 0 Å². The van der Waals surface area contributed by atoms with Crippen LogP contribution in [0, 0.1) is 11.3 Å². The standard InChI is InChI=1S/C15H24N2O.C2HF3O2/c1-2-8-17-11-7-15(14(17)18)5-9-16(10-6-15)12-13-3-4-13;3-2(4,5)1(6)7/h2,13H,1,3-12H2;(H,6,7). The maximum atomic E-state index is 12.5. The van der Waals surface area contributed by atoms with Gasteiger partial charge < -0.3 is 14.9 Å². The fourth-order valence-corrected chi connectivity index (χ4v) is 3.52. The van der Waals surface area contributed by atoms with Crippen LogP contribution in [0.3, 0.4) is 0 Å². The van der Waals surface area contributed by atoms with Gasteiger partial charge in [-0.25, -0.2) is 4.79 Å². The van der Waals surface area contributed by atoms with Gasteiger partial charge in [0, 0.05) is 19.6 Å². The number of likely N-dealkylation sites (tertiary alicyclic amines) is 2. The first kappa shape index (κ1) is 19.8. The molecule has 0 aromatic carbocycles. The summed E-state index contributed by atoms with van der Waals surface area (Å²) in [6.07, 6.45) is 2.83. The highest BCUT2D eigenvalue weighted by Crippen LogP contribution is 2.42. The number of hydrogen-bond acceptors (Lipinski definition) is 3. The Bertz CT molecular complexity index is 510. The molecule has 0 bridgehead atoms. The van der Waals surface area contributed by atoms with E-state index in [-0.39, 0.29) is 5.41 Å². The van der Waals surface area contributed by atoms with E-state index in [0.717, 1.165) is 51.4 Å². The molecule has 2 aliphatic heterocycles. The van der Waals surface area contributed by atoms with Gasteiger partial charge in [0.1, 0.15) is 0 Å². The average Bonchev–Trinajstić information content (AvgIpc) is 3.31. The van der Waals surface area contributed by atoms with Gasteiger partial charge in [0.2, 0.25) is 5.91 Å². The normalized spacial score (nSPS) is 23.3. The number of carbonyl (C=O) groups excluding carboxylic acids is 1. The van der Waals surface area contributed by atoms with Crippen LogP contribution in [-0.4, -0.2) is 65.7 Å². The molecule has 0 aromatic rings.